The van der Waals surface area contributed by atoms with Crippen LogP contribution < -0.4 is 10.5 Å². The van der Waals surface area contributed by atoms with Crippen LogP contribution in [0, 0.1) is 13.8 Å². The smallest absolute Gasteiger partial charge is 0.127 e. The maximum atomic E-state index is 6.22. The molecule has 0 saturated carbocycles. The van der Waals surface area contributed by atoms with E-state index >= 15 is 0 Å². The lowest BCUT2D eigenvalue weighted by Crippen LogP contribution is -2.14. The summed E-state index contributed by atoms with van der Waals surface area (Å²) in [6.07, 6.45) is 0. The standard InChI is InChI=1S/C13H16N2OS/c1-8-4-5-10(13(16-3)9(8)2)12(14)11-6-17-7-15-11/h4-7,12H,14H2,1-3H3. The van der Waals surface area contributed by atoms with Gasteiger partial charge in [0.25, 0.3) is 0 Å². The molecule has 4 heteroatoms. The summed E-state index contributed by atoms with van der Waals surface area (Å²) in [7, 11) is 1.68. The third-order valence-corrected chi connectivity index (χ3v) is 3.62. The number of benzene rings is 1. The molecular formula is C13H16N2OS. The van der Waals surface area contributed by atoms with Gasteiger partial charge in [0.2, 0.25) is 0 Å². The number of hydrogen-bond acceptors (Lipinski definition) is 4. The second-order valence-electron chi connectivity index (χ2n) is 4.02. The van der Waals surface area contributed by atoms with Crippen molar-refractivity contribution < 1.29 is 4.74 Å². The minimum absolute atomic E-state index is 0.226. The molecule has 0 amide bonds. The number of thiazole rings is 1. The van der Waals surface area contributed by atoms with Crippen LogP contribution in [0.2, 0.25) is 0 Å². The van der Waals surface area contributed by atoms with Gasteiger partial charge in [-0.1, -0.05) is 12.1 Å². The molecule has 0 fully saturated rings. The highest BCUT2D eigenvalue weighted by molar-refractivity contribution is 7.07. The summed E-state index contributed by atoms with van der Waals surface area (Å²) >= 11 is 1.55. The lowest BCUT2D eigenvalue weighted by Gasteiger charge is -2.17. The molecule has 1 heterocycles. The van der Waals surface area contributed by atoms with Crippen molar-refractivity contribution >= 4 is 11.3 Å². The van der Waals surface area contributed by atoms with E-state index in [-0.39, 0.29) is 6.04 Å². The normalized spacial score (nSPS) is 12.5. The number of hydrogen-bond donors (Lipinski definition) is 1. The number of methoxy groups -OCH3 is 1. The lowest BCUT2D eigenvalue weighted by atomic mass is 9.98. The van der Waals surface area contributed by atoms with Gasteiger partial charge in [0.1, 0.15) is 5.75 Å². The Morgan fingerprint density at radius 3 is 2.71 bits per heavy atom. The maximum absolute atomic E-state index is 6.22. The number of aryl methyl sites for hydroxylation is 1. The number of ether oxygens (including phenoxy) is 1. The largest absolute Gasteiger partial charge is 0.496 e. The Balaban J connectivity index is 2.49. The first kappa shape index (κ1) is 12.1. The Morgan fingerprint density at radius 1 is 1.35 bits per heavy atom. The Bertz CT molecular complexity index is 508. The van der Waals surface area contributed by atoms with Crippen LogP contribution in [0.5, 0.6) is 5.75 Å². The van der Waals surface area contributed by atoms with Crippen molar-refractivity contribution in [3.05, 3.63) is 45.4 Å². The van der Waals surface area contributed by atoms with Gasteiger partial charge in [-0.05, 0) is 25.0 Å². The van der Waals surface area contributed by atoms with E-state index < -0.39 is 0 Å². The van der Waals surface area contributed by atoms with Crippen molar-refractivity contribution in [2.45, 2.75) is 19.9 Å². The average Bonchev–Trinajstić information content (AvgIpc) is 2.85. The molecule has 2 rings (SSSR count). The van der Waals surface area contributed by atoms with E-state index in [9.17, 15) is 0 Å². The number of rotatable bonds is 3. The van der Waals surface area contributed by atoms with Crippen LogP contribution in [-0.4, -0.2) is 12.1 Å². The molecule has 1 aromatic carbocycles. The monoisotopic (exact) mass is 248 g/mol. The fourth-order valence-corrected chi connectivity index (χ4v) is 2.45. The summed E-state index contributed by atoms with van der Waals surface area (Å²) in [4.78, 5) is 4.26. The first-order valence-corrected chi connectivity index (χ1v) is 6.37. The van der Waals surface area contributed by atoms with Crippen LogP contribution in [0.3, 0.4) is 0 Å². The number of nitrogens with two attached hydrogens (primary N) is 1. The molecule has 0 aliphatic rings. The maximum Gasteiger partial charge on any atom is 0.127 e. The molecule has 0 saturated heterocycles. The van der Waals surface area contributed by atoms with Crippen molar-refractivity contribution in [1.29, 1.82) is 0 Å². The lowest BCUT2D eigenvalue weighted by molar-refractivity contribution is 0.404. The number of nitrogens with zero attached hydrogens (tertiary/aromatic N) is 1. The van der Waals surface area contributed by atoms with Crippen LogP contribution in [0.15, 0.2) is 23.0 Å². The van der Waals surface area contributed by atoms with E-state index in [0.717, 1.165) is 22.6 Å². The first-order chi connectivity index (χ1) is 8.15. The van der Waals surface area contributed by atoms with Gasteiger partial charge in [-0.25, -0.2) is 4.98 Å². The third-order valence-electron chi connectivity index (χ3n) is 3.02. The predicted molar refractivity (Wildman–Crippen MR) is 70.6 cm³/mol. The first-order valence-electron chi connectivity index (χ1n) is 5.43. The van der Waals surface area contributed by atoms with Crippen LogP contribution in [0.25, 0.3) is 0 Å². The average molecular weight is 248 g/mol. The van der Waals surface area contributed by atoms with E-state index in [2.05, 4.69) is 18.0 Å². The van der Waals surface area contributed by atoms with Gasteiger partial charge in [-0.3, -0.25) is 0 Å². The Hall–Kier alpha value is -1.39. The number of aromatic nitrogens is 1. The molecule has 0 radical (unpaired) electrons. The molecular weight excluding hydrogens is 232 g/mol. The van der Waals surface area contributed by atoms with Gasteiger partial charge in [0, 0.05) is 10.9 Å². The van der Waals surface area contributed by atoms with Crippen molar-refractivity contribution in [3.8, 4) is 5.75 Å². The summed E-state index contributed by atoms with van der Waals surface area (Å²) in [5.41, 5.74) is 12.2. The fraction of sp³-hybridized carbons (Fsp3) is 0.308. The van der Waals surface area contributed by atoms with Crippen LogP contribution in [0.4, 0.5) is 0 Å². The zero-order valence-electron chi connectivity index (χ0n) is 10.2. The van der Waals surface area contributed by atoms with Gasteiger partial charge in [-0.2, -0.15) is 0 Å². The van der Waals surface area contributed by atoms with Crippen molar-refractivity contribution in [3.63, 3.8) is 0 Å². The molecule has 0 spiro atoms. The van der Waals surface area contributed by atoms with E-state index in [1.807, 2.05) is 18.4 Å². The van der Waals surface area contributed by atoms with Crippen LogP contribution in [-0.2, 0) is 0 Å². The molecule has 3 nitrogen and oxygen atoms in total. The van der Waals surface area contributed by atoms with Crippen molar-refractivity contribution in [2.24, 2.45) is 5.73 Å². The molecule has 0 bridgehead atoms. The Labute approximate surface area is 105 Å². The highest BCUT2D eigenvalue weighted by Gasteiger charge is 2.17. The predicted octanol–water partition coefficient (Wildman–Crippen LogP) is 2.82. The topological polar surface area (TPSA) is 48.1 Å². The van der Waals surface area contributed by atoms with E-state index in [1.54, 1.807) is 24.0 Å². The van der Waals surface area contributed by atoms with Crippen molar-refractivity contribution in [2.75, 3.05) is 7.11 Å². The molecule has 1 unspecified atom stereocenters. The highest BCUT2D eigenvalue weighted by Crippen LogP contribution is 2.32. The Morgan fingerprint density at radius 2 is 2.12 bits per heavy atom. The summed E-state index contributed by atoms with van der Waals surface area (Å²) in [5, 5.41) is 1.97. The molecule has 2 N–H and O–H groups in total. The fourth-order valence-electron chi connectivity index (χ4n) is 1.86. The zero-order chi connectivity index (χ0) is 12.4. The minimum Gasteiger partial charge on any atom is -0.496 e. The molecule has 0 aliphatic heterocycles. The van der Waals surface area contributed by atoms with E-state index in [4.69, 9.17) is 10.5 Å². The summed E-state index contributed by atoms with van der Waals surface area (Å²) < 4.78 is 5.47. The van der Waals surface area contributed by atoms with Gasteiger partial charge < -0.3 is 10.5 Å². The summed E-state index contributed by atoms with van der Waals surface area (Å²) in [6, 6.07) is 3.86. The van der Waals surface area contributed by atoms with Gasteiger partial charge in [-0.15, -0.1) is 11.3 Å². The molecule has 1 atom stereocenters. The van der Waals surface area contributed by atoms with E-state index in [1.165, 1.54) is 5.56 Å². The Kier molecular flexibility index (Phi) is 3.45. The summed E-state index contributed by atoms with van der Waals surface area (Å²) in [6.45, 7) is 4.11. The zero-order valence-corrected chi connectivity index (χ0v) is 11.0. The quantitative estimate of drug-likeness (QED) is 0.908. The van der Waals surface area contributed by atoms with Gasteiger partial charge in [0.05, 0.1) is 24.4 Å². The van der Waals surface area contributed by atoms with Crippen LogP contribution >= 0.6 is 11.3 Å². The molecule has 17 heavy (non-hydrogen) atoms. The molecule has 90 valence electrons. The van der Waals surface area contributed by atoms with Gasteiger partial charge >= 0.3 is 0 Å². The molecule has 2 aromatic rings. The molecule has 1 aromatic heterocycles. The SMILES string of the molecule is COc1c(C(N)c2cscn2)ccc(C)c1C. The van der Waals surface area contributed by atoms with Gasteiger partial charge in [0.15, 0.2) is 0 Å². The second kappa shape index (κ2) is 4.85. The second-order valence-corrected chi connectivity index (χ2v) is 4.74. The third kappa shape index (κ3) is 2.18. The van der Waals surface area contributed by atoms with Crippen LogP contribution in [0.1, 0.15) is 28.4 Å². The molecule has 0 aliphatic carbocycles. The minimum atomic E-state index is -0.226. The van der Waals surface area contributed by atoms with Crippen molar-refractivity contribution in [1.82, 2.24) is 4.98 Å². The van der Waals surface area contributed by atoms with E-state index in [0.29, 0.717) is 0 Å². The summed E-state index contributed by atoms with van der Waals surface area (Å²) in [5.74, 6) is 0.866. The highest BCUT2D eigenvalue weighted by atomic mass is 32.1.